The summed E-state index contributed by atoms with van der Waals surface area (Å²) in [5.74, 6) is 1.06. The molecule has 1 amide bonds. The standard InChI is InChI=1S/C16H12ClN5O3/c17-10-7-9(8-12-13(10)25-6-5-24-12)15(23)20-16-19-14(21-22-16)11-3-1-2-4-18-11/h1-4,7-8H,5-6H2,(H2,19,20,21,22,23). The van der Waals surface area contributed by atoms with Crippen LogP contribution < -0.4 is 14.8 Å². The van der Waals surface area contributed by atoms with Crippen molar-refractivity contribution in [3.05, 3.63) is 47.1 Å². The van der Waals surface area contributed by atoms with Crippen LogP contribution in [0.25, 0.3) is 11.5 Å². The number of hydrogen-bond acceptors (Lipinski definition) is 6. The second-order valence-corrected chi connectivity index (χ2v) is 5.57. The minimum atomic E-state index is -0.412. The molecular formula is C16H12ClN5O3. The van der Waals surface area contributed by atoms with E-state index in [0.717, 1.165) is 0 Å². The Morgan fingerprint density at radius 1 is 1.24 bits per heavy atom. The number of hydrogen-bond donors (Lipinski definition) is 2. The number of aromatic amines is 1. The Morgan fingerprint density at radius 2 is 2.12 bits per heavy atom. The number of H-pyrrole nitrogens is 1. The van der Waals surface area contributed by atoms with Gasteiger partial charge in [-0.05, 0) is 24.3 Å². The van der Waals surface area contributed by atoms with E-state index >= 15 is 0 Å². The Kier molecular flexibility index (Phi) is 3.95. The number of anilines is 1. The summed E-state index contributed by atoms with van der Waals surface area (Å²) in [4.78, 5) is 20.8. The molecule has 0 bridgehead atoms. The fourth-order valence-corrected chi connectivity index (χ4v) is 2.62. The lowest BCUT2D eigenvalue weighted by atomic mass is 10.2. The van der Waals surface area contributed by atoms with Gasteiger partial charge >= 0.3 is 0 Å². The third-order valence-corrected chi connectivity index (χ3v) is 3.76. The Labute approximate surface area is 147 Å². The molecule has 0 saturated heterocycles. The quantitative estimate of drug-likeness (QED) is 0.746. The molecule has 1 aliphatic heterocycles. The summed E-state index contributed by atoms with van der Waals surface area (Å²) in [5.41, 5.74) is 0.941. The summed E-state index contributed by atoms with van der Waals surface area (Å²) in [6, 6.07) is 8.50. The zero-order chi connectivity index (χ0) is 17.2. The first-order valence-electron chi connectivity index (χ1n) is 7.45. The number of pyridine rings is 1. The summed E-state index contributed by atoms with van der Waals surface area (Å²) in [6.07, 6.45) is 1.65. The molecule has 0 saturated carbocycles. The van der Waals surface area contributed by atoms with E-state index in [1.54, 1.807) is 24.4 Å². The van der Waals surface area contributed by atoms with Crippen molar-refractivity contribution >= 4 is 23.5 Å². The lowest BCUT2D eigenvalue weighted by molar-refractivity contribution is 0.102. The molecule has 3 heterocycles. The predicted molar refractivity (Wildman–Crippen MR) is 90.0 cm³/mol. The zero-order valence-corrected chi connectivity index (χ0v) is 13.6. The van der Waals surface area contributed by atoms with Gasteiger partial charge in [0.2, 0.25) is 5.95 Å². The minimum Gasteiger partial charge on any atom is -0.486 e. The van der Waals surface area contributed by atoms with Gasteiger partial charge in [-0.15, -0.1) is 5.10 Å². The summed E-state index contributed by atoms with van der Waals surface area (Å²) in [6.45, 7) is 0.828. The number of carbonyl (C=O) groups excluding carboxylic acids is 1. The van der Waals surface area contributed by atoms with Gasteiger partial charge in [-0.2, -0.15) is 4.98 Å². The molecule has 2 N–H and O–H groups in total. The Morgan fingerprint density at radius 3 is 2.96 bits per heavy atom. The predicted octanol–water partition coefficient (Wildman–Crippen LogP) is 2.54. The first-order valence-corrected chi connectivity index (χ1v) is 7.83. The van der Waals surface area contributed by atoms with Crippen LogP contribution in [0.15, 0.2) is 36.5 Å². The molecule has 2 aromatic heterocycles. The van der Waals surface area contributed by atoms with E-state index in [-0.39, 0.29) is 5.95 Å². The topological polar surface area (TPSA) is 102 Å². The Bertz CT molecular complexity index is 929. The maximum Gasteiger partial charge on any atom is 0.258 e. The minimum absolute atomic E-state index is 0.136. The molecular weight excluding hydrogens is 346 g/mol. The number of nitrogens with zero attached hydrogens (tertiary/aromatic N) is 3. The number of aromatic nitrogens is 4. The van der Waals surface area contributed by atoms with Gasteiger partial charge < -0.3 is 9.47 Å². The maximum atomic E-state index is 12.4. The van der Waals surface area contributed by atoms with Gasteiger partial charge in [0.05, 0.1) is 5.02 Å². The van der Waals surface area contributed by atoms with E-state index in [1.807, 2.05) is 6.07 Å². The lowest BCUT2D eigenvalue weighted by Gasteiger charge is -2.19. The molecule has 0 radical (unpaired) electrons. The summed E-state index contributed by atoms with van der Waals surface area (Å²) < 4.78 is 10.9. The van der Waals surface area contributed by atoms with Crippen molar-refractivity contribution in [2.45, 2.75) is 0 Å². The maximum absolute atomic E-state index is 12.4. The number of carbonyl (C=O) groups is 1. The normalized spacial score (nSPS) is 12.7. The van der Waals surface area contributed by atoms with Crippen molar-refractivity contribution in [2.24, 2.45) is 0 Å². The van der Waals surface area contributed by atoms with Crippen LogP contribution in [0.5, 0.6) is 11.5 Å². The Balaban J connectivity index is 1.55. The SMILES string of the molecule is O=C(Nc1n[nH]c(-c2ccccn2)n1)c1cc(Cl)c2c(c1)OCCO2. The van der Waals surface area contributed by atoms with Gasteiger partial charge in [0.15, 0.2) is 17.3 Å². The average molecular weight is 358 g/mol. The van der Waals surface area contributed by atoms with Gasteiger partial charge in [-0.25, -0.2) is 0 Å². The average Bonchev–Trinajstić information content (AvgIpc) is 3.11. The van der Waals surface area contributed by atoms with Crippen LogP contribution in [0.4, 0.5) is 5.95 Å². The molecule has 8 nitrogen and oxygen atoms in total. The first kappa shape index (κ1) is 15.4. The highest BCUT2D eigenvalue weighted by molar-refractivity contribution is 6.32. The molecule has 3 aromatic rings. The number of amides is 1. The smallest absolute Gasteiger partial charge is 0.258 e. The summed E-state index contributed by atoms with van der Waals surface area (Å²) >= 11 is 6.15. The molecule has 0 fully saturated rings. The molecule has 1 aliphatic rings. The van der Waals surface area contributed by atoms with Gasteiger partial charge in [0.1, 0.15) is 18.9 Å². The number of benzene rings is 1. The molecule has 126 valence electrons. The molecule has 9 heteroatoms. The second-order valence-electron chi connectivity index (χ2n) is 5.16. The second kappa shape index (κ2) is 6.40. The van der Waals surface area contributed by atoms with Crippen molar-refractivity contribution in [3.8, 4) is 23.0 Å². The van der Waals surface area contributed by atoms with E-state index < -0.39 is 5.91 Å². The van der Waals surface area contributed by atoms with E-state index in [2.05, 4.69) is 25.5 Å². The summed E-state index contributed by atoms with van der Waals surface area (Å²) in [5, 5.41) is 9.62. The number of fused-ring (bicyclic) bond motifs is 1. The van der Waals surface area contributed by atoms with E-state index in [9.17, 15) is 4.79 Å². The molecule has 25 heavy (non-hydrogen) atoms. The Hall–Kier alpha value is -3.13. The van der Waals surface area contributed by atoms with Gasteiger partial charge in [-0.3, -0.25) is 20.2 Å². The molecule has 4 rings (SSSR count). The summed E-state index contributed by atoms with van der Waals surface area (Å²) in [7, 11) is 0. The highest BCUT2D eigenvalue weighted by Crippen LogP contribution is 2.38. The molecule has 1 aromatic carbocycles. The molecule has 0 spiro atoms. The van der Waals surface area contributed by atoms with Crippen molar-refractivity contribution in [1.29, 1.82) is 0 Å². The van der Waals surface area contributed by atoms with E-state index in [4.69, 9.17) is 21.1 Å². The third-order valence-electron chi connectivity index (χ3n) is 3.48. The number of nitrogens with one attached hydrogen (secondary N) is 2. The third kappa shape index (κ3) is 3.11. The van der Waals surface area contributed by atoms with Gasteiger partial charge in [-0.1, -0.05) is 17.7 Å². The van der Waals surface area contributed by atoms with Crippen LogP contribution in [0, 0.1) is 0 Å². The highest BCUT2D eigenvalue weighted by atomic mass is 35.5. The largest absolute Gasteiger partial charge is 0.486 e. The van der Waals surface area contributed by atoms with Crippen LogP contribution in [0.1, 0.15) is 10.4 Å². The molecule has 0 aliphatic carbocycles. The molecule has 0 unspecified atom stereocenters. The molecule has 0 atom stereocenters. The lowest BCUT2D eigenvalue weighted by Crippen LogP contribution is -2.18. The highest BCUT2D eigenvalue weighted by Gasteiger charge is 2.20. The fraction of sp³-hybridized carbons (Fsp3) is 0.125. The van der Waals surface area contributed by atoms with Gasteiger partial charge in [0, 0.05) is 11.8 Å². The van der Waals surface area contributed by atoms with Crippen molar-refractivity contribution in [3.63, 3.8) is 0 Å². The van der Waals surface area contributed by atoms with E-state index in [1.165, 1.54) is 6.07 Å². The number of rotatable bonds is 3. The monoisotopic (exact) mass is 357 g/mol. The van der Waals surface area contributed by atoms with Crippen LogP contribution in [-0.4, -0.2) is 39.3 Å². The number of ether oxygens (including phenoxy) is 2. The van der Waals surface area contributed by atoms with Crippen LogP contribution in [-0.2, 0) is 0 Å². The fourth-order valence-electron chi connectivity index (χ4n) is 2.35. The van der Waals surface area contributed by atoms with Gasteiger partial charge in [0.25, 0.3) is 5.91 Å². The van der Waals surface area contributed by atoms with Crippen LogP contribution in [0.3, 0.4) is 0 Å². The first-order chi connectivity index (χ1) is 12.2. The zero-order valence-electron chi connectivity index (χ0n) is 12.8. The van der Waals surface area contributed by atoms with Crippen molar-refractivity contribution in [2.75, 3.05) is 18.5 Å². The van der Waals surface area contributed by atoms with Crippen molar-refractivity contribution in [1.82, 2.24) is 20.2 Å². The van der Waals surface area contributed by atoms with Crippen LogP contribution in [0.2, 0.25) is 5.02 Å². The van der Waals surface area contributed by atoms with E-state index in [0.29, 0.717) is 46.8 Å². The van der Waals surface area contributed by atoms with Crippen LogP contribution >= 0.6 is 11.6 Å². The number of halogens is 1. The van der Waals surface area contributed by atoms with Crippen molar-refractivity contribution < 1.29 is 14.3 Å².